The summed E-state index contributed by atoms with van der Waals surface area (Å²) in [6.45, 7) is 1.25. The summed E-state index contributed by atoms with van der Waals surface area (Å²) >= 11 is 5.87. The lowest BCUT2D eigenvalue weighted by Gasteiger charge is -2.13. The minimum absolute atomic E-state index is 0.501. The van der Waals surface area contributed by atoms with Gasteiger partial charge in [0, 0.05) is 23.2 Å². The molecule has 0 heterocycles. The van der Waals surface area contributed by atoms with E-state index in [-0.39, 0.29) is 0 Å². The minimum atomic E-state index is 0.501. The van der Waals surface area contributed by atoms with Crippen LogP contribution in [-0.2, 0) is 13.2 Å². The smallest absolute Gasteiger partial charge is 0.127 e. The van der Waals surface area contributed by atoms with Crippen LogP contribution in [-0.4, -0.2) is 14.2 Å². The van der Waals surface area contributed by atoms with Crippen molar-refractivity contribution in [2.45, 2.75) is 13.2 Å². The molecular formula is C16H18ClNO2. The van der Waals surface area contributed by atoms with E-state index in [2.05, 4.69) is 5.32 Å². The van der Waals surface area contributed by atoms with E-state index in [0.29, 0.717) is 6.61 Å². The number of rotatable bonds is 6. The van der Waals surface area contributed by atoms with Crippen molar-refractivity contribution < 1.29 is 9.47 Å². The molecule has 0 aromatic heterocycles. The second kappa shape index (κ2) is 7.17. The Hall–Kier alpha value is -1.71. The van der Waals surface area contributed by atoms with Crippen LogP contribution in [0.5, 0.6) is 11.5 Å². The second-order valence-electron chi connectivity index (χ2n) is 4.42. The number of hydrogen-bond donors (Lipinski definition) is 1. The minimum Gasteiger partial charge on any atom is -0.497 e. The third-order valence-corrected chi connectivity index (χ3v) is 3.20. The normalized spacial score (nSPS) is 10.3. The first kappa shape index (κ1) is 14.7. The van der Waals surface area contributed by atoms with Crippen molar-refractivity contribution in [1.29, 1.82) is 0 Å². The van der Waals surface area contributed by atoms with Gasteiger partial charge >= 0.3 is 0 Å². The Morgan fingerprint density at radius 2 is 1.85 bits per heavy atom. The Balaban J connectivity index is 2.12. The lowest BCUT2D eigenvalue weighted by Crippen LogP contribution is -2.07. The standard InChI is InChI=1S/C16H18ClNO2/c1-18-10-13-5-8-15(19-2)9-16(13)20-11-12-3-6-14(17)7-4-12/h3-9,18H,10-11H2,1-2H3. The molecule has 0 unspecified atom stereocenters. The van der Waals surface area contributed by atoms with Crippen LogP contribution in [0, 0.1) is 0 Å². The van der Waals surface area contributed by atoms with Gasteiger partial charge in [0.05, 0.1) is 7.11 Å². The molecule has 20 heavy (non-hydrogen) atoms. The van der Waals surface area contributed by atoms with Crippen molar-refractivity contribution in [3.8, 4) is 11.5 Å². The lowest BCUT2D eigenvalue weighted by molar-refractivity contribution is 0.300. The number of nitrogens with one attached hydrogen (secondary N) is 1. The summed E-state index contributed by atoms with van der Waals surface area (Å²) in [5.41, 5.74) is 2.18. The van der Waals surface area contributed by atoms with E-state index >= 15 is 0 Å². The predicted molar refractivity (Wildman–Crippen MR) is 81.5 cm³/mol. The van der Waals surface area contributed by atoms with Gasteiger partial charge in [0.1, 0.15) is 18.1 Å². The molecular weight excluding hydrogens is 274 g/mol. The number of hydrogen-bond acceptors (Lipinski definition) is 3. The maximum absolute atomic E-state index is 5.90. The average Bonchev–Trinajstić information content (AvgIpc) is 2.48. The fourth-order valence-corrected chi connectivity index (χ4v) is 2.00. The molecule has 0 amide bonds. The Labute approximate surface area is 124 Å². The fourth-order valence-electron chi connectivity index (χ4n) is 1.87. The third kappa shape index (κ3) is 3.89. The Morgan fingerprint density at radius 1 is 1.10 bits per heavy atom. The van der Waals surface area contributed by atoms with Gasteiger partial charge in [-0.3, -0.25) is 0 Å². The summed E-state index contributed by atoms with van der Waals surface area (Å²) < 4.78 is 11.1. The van der Waals surface area contributed by atoms with Crippen molar-refractivity contribution in [1.82, 2.24) is 5.32 Å². The molecule has 0 atom stereocenters. The molecule has 2 rings (SSSR count). The van der Waals surface area contributed by atoms with E-state index in [4.69, 9.17) is 21.1 Å². The van der Waals surface area contributed by atoms with E-state index in [9.17, 15) is 0 Å². The molecule has 4 heteroatoms. The Morgan fingerprint density at radius 3 is 2.50 bits per heavy atom. The molecule has 0 aliphatic carbocycles. The molecule has 0 aliphatic heterocycles. The highest BCUT2D eigenvalue weighted by Crippen LogP contribution is 2.25. The van der Waals surface area contributed by atoms with E-state index < -0.39 is 0 Å². The molecule has 2 aromatic rings. The maximum atomic E-state index is 5.90. The maximum Gasteiger partial charge on any atom is 0.127 e. The summed E-state index contributed by atoms with van der Waals surface area (Å²) in [4.78, 5) is 0. The molecule has 0 spiro atoms. The SMILES string of the molecule is CNCc1ccc(OC)cc1OCc1ccc(Cl)cc1. The van der Waals surface area contributed by atoms with Gasteiger partial charge in [0.2, 0.25) is 0 Å². The molecule has 3 nitrogen and oxygen atoms in total. The van der Waals surface area contributed by atoms with Crippen LogP contribution in [0.25, 0.3) is 0 Å². The van der Waals surface area contributed by atoms with Crippen molar-refractivity contribution >= 4 is 11.6 Å². The molecule has 0 fully saturated rings. The molecule has 2 aromatic carbocycles. The van der Waals surface area contributed by atoms with E-state index in [1.807, 2.05) is 49.5 Å². The predicted octanol–water partition coefficient (Wildman–Crippen LogP) is 3.65. The highest BCUT2D eigenvalue weighted by molar-refractivity contribution is 6.30. The molecule has 0 bridgehead atoms. The van der Waals surface area contributed by atoms with Crippen molar-refractivity contribution in [3.05, 3.63) is 58.6 Å². The number of ether oxygens (including phenoxy) is 2. The molecule has 0 saturated carbocycles. The molecule has 106 valence electrons. The van der Waals surface area contributed by atoms with Gasteiger partial charge in [-0.1, -0.05) is 29.8 Å². The average molecular weight is 292 g/mol. The van der Waals surface area contributed by atoms with Gasteiger partial charge in [-0.05, 0) is 30.8 Å². The highest BCUT2D eigenvalue weighted by atomic mass is 35.5. The zero-order chi connectivity index (χ0) is 14.4. The quantitative estimate of drug-likeness (QED) is 0.881. The van der Waals surface area contributed by atoms with Gasteiger partial charge in [-0.25, -0.2) is 0 Å². The summed E-state index contributed by atoms with van der Waals surface area (Å²) in [7, 11) is 3.56. The van der Waals surface area contributed by atoms with Crippen LogP contribution in [0.3, 0.4) is 0 Å². The van der Waals surface area contributed by atoms with Crippen molar-refractivity contribution in [3.63, 3.8) is 0 Å². The Kier molecular flexibility index (Phi) is 5.27. The van der Waals surface area contributed by atoms with E-state index in [1.165, 1.54) is 0 Å². The summed E-state index contributed by atoms with van der Waals surface area (Å²) in [6, 6.07) is 13.5. The fraction of sp³-hybridized carbons (Fsp3) is 0.250. The highest BCUT2D eigenvalue weighted by Gasteiger charge is 2.06. The van der Waals surface area contributed by atoms with Gasteiger partial charge in [-0.15, -0.1) is 0 Å². The first-order valence-electron chi connectivity index (χ1n) is 6.41. The number of benzene rings is 2. The zero-order valence-corrected chi connectivity index (χ0v) is 12.4. The first-order valence-corrected chi connectivity index (χ1v) is 6.79. The molecule has 0 saturated heterocycles. The molecule has 0 aliphatic rings. The first-order chi connectivity index (χ1) is 9.72. The van der Waals surface area contributed by atoms with Gasteiger partial charge < -0.3 is 14.8 Å². The molecule has 0 radical (unpaired) electrons. The third-order valence-electron chi connectivity index (χ3n) is 2.95. The summed E-state index contributed by atoms with van der Waals surface area (Å²) in [6.07, 6.45) is 0. The van der Waals surface area contributed by atoms with Crippen LogP contribution < -0.4 is 14.8 Å². The van der Waals surface area contributed by atoms with Gasteiger partial charge in [0.15, 0.2) is 0 Å². The van der Waals surface area contributed by atoms with Gasteiger partial charge in [0.25, 0.3) is 0 Å². The van der Waals surface area contributed by atoms with Crippen LogP contribution in [0.1, 0.15) is 11.1 Å². The van der Waals surface area contributed by atoms with Gasteiger partial charge in [-0.2, -0.15) is 0 Å². The summed E-state index contributed by atoms with van der Waals surface area (Å²) in [5, 5.41) is 3.86. The Bertz CT molecular complexity index is 555. The number of methoxy groups -OCH3 is 1. The summed E-state index contributed by atoms with van der Waals surface area (Å²) in [5.74, 6) is 1.62. The van der Waals surface area contributed by atoms with Crippen LogP contribution in [0.4, 0.5) is 0 Å². The topological polar surface area (TPSA) is 30.5 Å². The van der Waals surface area contributed by atoms with Crippen LogP contribution in [0.15, 0.2) is 42.5 Å². The second-order valence-corrected chi connectivity index (χ2v) is 4.86. The molecule has 1 N–H and O–H groups in total. The van der Waals surface area contributed by atoms with Crippen LogP contribution in [0.2, 0.25) is 5.02 Å². The van der Waals surface area contributed by atoms with Crippen molar-refractivity contribution in [2.75, 3.05) is 14.2 Å². The largest absolute Gasteiger partial charge is 0.497 e. The van der Waals surface area contributed by atoms with E-state index in [1.54, 1.807) is 7.11 Å². The van der Waals surface area contributed by atoms with E-state index in [0.717, 1.165) is 34.2 Å². The zero-order valence-electron chi connectivity index (χ0n) is 11.7. The lowest BCUT2D eigenvalue weighted by atomic mass is 10.2. The monoisotopic (exact) mass is 291 g/mol. The van der Waals surface area contributed by atoms with Crippen LogP contribution >= 0.6 is 11.6 Å². The number of halogens is 1. The van der Waals surface area contributed by atoms with Crippen molar-refractivity contribution in [2.24, 2.45) is 0 Å².